The molecule has 6 aromatic heterocycles. The molecule has 0 fully saturated rings. The van der Waals surface area contributed by atoms with Gasteiger partial charge in [0.05, 0.1) is 64.2 Å². The van der Waals surface area contributed by atoms with Crippen molar-refractivity contribution in [2.75, 3.05) is 14.2 Å². The molecule has 0 amide bonds. The standard InChI is InChI=1S/C19H18N4O2S.C19H18N4OS.I2.HI/c1-13-17(20-8-7-18(13)25-2)12-26(24)19-21-15-6-5-14(11-16(15)22-19)23-9-3-4-10-23;1-13-17(20-8-7-18(13)24-2)12-25-19-21-15-6-5-14(11-16(15)22-19)23-9-3-4-10-23;1-2;/h3-11H,12H2,1-2H3,(H,21,22);3-11H,12H2,1-2H3,(H,21,22);;1H. The van der Waals surface area contributed by atoms with Gasteiger partial charge in [-0.05, 0) is 86.6 Å². The van der Waals surface area contributed by atoms with Crippen LogP contribution in [-0.4, -0.2) is 57.5 Å². The zero-order valence-electron chi connectivity index (χ0n) is 29.7. The summed E-state index contributed by atoms with van der Waals surface area (Å²) in [5.41, 5.74) is 9.51. The van der Waals surface area contributed by atoms with E-state index in [1.54, 1.807) is 44.4 Å². The van der Waals surface area contributed by atoms with E-state index in [4.69, 9.17) is 9.47 Å². The van der Waals surface area contributed by atoms with Crippen LogP contribution in [0.3, 0.4) is 0 Å². The number of fused-ring (bicyclic) bond motifs is 2. The van der Waals surface area contributed by atoms with Crippen molar-refractivity contribution < 1.29 is 13.7 Å². The maximum Gasteiger partial charge on any atom is 0.197 e. The van der Waals surface area contributed by atoms with E-state index in [2.05, 4.69) is 83.8 Å². The van der Waals surface area contributed by atoms with E-state index < -0.39 is 10.8 Å². The molecule has 2 aromatic carbocycles. The largest absolute Gasteiger partial charge is 0.496 e. The summed E-state index contributed by atoms with van der Waals surface area (Å²) in [4.78, 5) is 24.5. The predicted octanol–water partition coefficient (Wildman–Crippen LogP) is 10.1. The summed E-state index contributed by atoms with van der Waals surface area (Å²) in [6, 6.07) is 23.8. The smallest absolute Gasteiger partial charge is 0.197 e. The van der Waals surface area contributed by atoms with Gasteiger partial charge in [-0.15, -0.1) is 24.0 Å². The first-order valence-corrected chi connectivity index (χ1v) is 24.9. The Morgan fingerprint density at radius 3 is 1.78 bits per heavy atom. The Bertz CT molecular complexity index is 2450. The van der Waals surface area contributed by atoms with E-state index in [0.717, 1.165) is 78.4 Å². The zero-order chi connectivity index (χ0) is 37.3. The first-order chi connectivity index (χ1) is 25.9. The fraction of sp³-hybridized carbons (Fsp3) is 0.158. The van der Waals surface area contributed by atoms with Gasteiger partial charge in [0, 0.05) is 103 Å². The summed E-state index contributed by atoms with van der Waals surface area (Å²) in [6.07, 6.45) is 11.5. The van der Waals surface area contributed by atoms with Crippen molar-refractivity contribution in [3.05, 3.63) is 132 Å². The molecule has 0 aliphatic rings. The van der Waals surface area contributed by atoms with Gasteiger partial charge in [0.25, 0.3) is 0 Å². The molecular formula is C38H37I3N8O3S2. The van der Waals surface area contributed by atoms with Crippen LogP contribution in [-0.2, 0) is 22.3 Å². The summed E-state index contributed by atoms with van der Waals surface area (Å²) < 4.78 is 27.5. The van der Waals surface area contributed by atoms with E-state index in [9.17, 15) is 4.21 Å². The number of rotatable bonds is 10. The molecule has 0 bridgehead atoms. The molecule has 0 aliphatic heterocycles. The Hall–Kier alpha value is -3.47. The number of nitrogens with one attached hydrogen (secondary N) is 2. The number of benzene rings is 2. The zero-order valence-corrected chi connectivity index (χ0v) is 38.0. The Morgan fingerprint density at radius 2 is 1.22 bits per heavy atom. The van der Waals surface area contributed by atoms with Gasteiger partial charge in [0.15, 0.2) is 10.3 Å². The summed E-state index contributed by atoms with van der Waals surface area (Å²) in [5, 5.41) is 1.34. The molecule has 280 valence electrons. The molecule has 0 radical (unpaired) electrons. The molecule has 0 spiro atoms. The van der Waals surface area contributed by atoms with Crippen LogP contribution < -0.4 is 9.47 Å². The van der Waals surface area contributed by atoms with Gasteiger partial charge in [-0.1, -0.05) is 11.8 Å². The highest BCUT2D eigenvalue weighted by Gasteiger charge is 2.15. The van der Waals surface area contributed by atoms with Crippen LogP contribution in [0.15, 0.2) is 120 Å². The van der Waals surface area contributed by atoms with Crippen molar-refractivity contribution in [2.24, 2.45) is 0 Å². The number of pyridine rings is 2. The van der Waals surface area contributed by atoms with Gasteiger partial charge in [-0.3, -0.25) is 14.2 Å². The number of aromatic nitrogens is 8. The molecule has 0 saturated carbocycles. The lowest BCUT2D eigenvalue weighted by atomic mass is 10.2. The minimum atomic E-state index is -1.32. The van der Waals surface area contributed by atoms with Crippen molar-refractivity contribution in [3.8, 4) is 22.9 Å². The Kier molecular flexibility index (Phi) is 15.4. The number of methoxy groups -OCH3 is 2. The lowest BCUT2D eigenvalue weighted by Crippen LogP contribution is -2.03. The third kappa shape index (κ3) is 9.84. The number of halogens is 3. The monoisotopic (exact) mass is 1100 g/mol. The molecule has 1 atom stereocenters. The SMILES string of the molecule is COc1ccnc(CS(=O)c2nc3ccc(-n4cccc4)cc3[nH]2)c1C.COc1ccnc(CSc2nc3ccc(-n4cccc4)cc3[nH]2)c1C.I.II. The molecule has 11 nitrogen and oxygen atoms in total. The van der Waals surface area contributed by atoms with Crippen LogP contribution in [0.1, 0.15) is 22.5 Å². The average molecular weight is 1100 g/mol. The van der Waals surface area contributed by atoms with Gasteiger partial charge in [0.2, 0.25) is 0 Å². The number of hydrogen-bond donors (Lipinski definition) is 2. The summed E-state index contributed by atoms with van der Waals surface area (Å²) >= 11 is 5.88. The van der Waals surface area contributed by atoms with Gasteiger partial charge in [-0.2, -0.15) is 0 Å². The number of H-pyrrole nitrogens is 2. The predicted molar refractivity (Wildman–Crippen MR) is 245 cm³/mol. The fourth-order valence-corrected chi connectivity index (χ4v) is 7.65. The molecule has 2 N–H and O–H groups in total. The van der Waals surface area contributed by atoms with Crippen molar-refractivity contribution in [1.29, 1.82) is 0 Å². The van der Waals surface area contributed by atoms with Crippen LogP contribution in [0.4, 0.5) is 0 Å². The lowest BCUT2D eigenvalue weighted by molar-refractivity contribution is 0.410. The number of thioether (sulfide) groups is 1. The van der Waals surface area contributed by atoms with Gasteiger partial charge in [0.1, 0.15) is 11.5 Å². The highest BCUT2D eigenvalue weighted by Crippen LogP contribution is 2.28. The van der Waals surface area contributed by atoms with Crippen LogP contribution in [0.2, 0.25) is 0 Å². The van der Waals surface area contributed by atoms with Crippen LogP contribution in [0.5, 0.6) is 11.5 Å². The first-order valence-electron chi connectivity index (χ1n) is 16.3. The maximum absolute atomic E-state index is 12.8. The highest BCUT2D eigenvalue weighted by molar-refractivity contribution is 15.0. The molecule has 1 unspecified atom stereocenters. The maximum atomic E-state index is 12.8. The number of aromatic amines is 2. The molecule has 54 heavy (non-hydrogen) atoms. The van der Waals surface area contributed by atoms with Crippen LogP contribution in [0.25, 0.3) is 33.4 Å². The third-order valence-electron chi connectivity index (χ3n) is 8.48. The highest BCUT2D eigenvalue weighted by atomic mass is 128. The van der Waals surface area contributed by atoms with E-state index in [1.807, 2.05) is 97.8 Å². The van der Waals surface area contributed by atoms with E-state index in [1.165, 1.54) is 0 Å². The fourth-order valence-electron chi connectivity index (χ4n) is 5.64. The van der Waals surface area contributed by atoms with Crippen LogP contribution in [0, 0.1) is 13.8 Å². The molecule has 16 heteroatoms. The Labute approximate surface area is 360 Å². The number of hydrogen-bond acceptors (Lipinski definition) is 8. The summed E-state index contributed by atoms with van der Waals surface area (Å²) in [7, 11) is 1.97. The summed E-state index contributed by atoms with van der Waals surface area (Å²) in [6.45, 7) is 3.95. The Balaban J connectivity index is 0.000000195. The van der Waals surface area contributed by atoms with Gasteiger partial charge in [-0.25, -0.2) is 9.97 Å². The van der Waals surface area contributed by atoms with Gasteiger partial charge >= 0.3 is 0 Å². The second-order valence-electron chi connectivity index (χ2n) is 11.6. The first kappa shape index (κ1) is 41.7. The molecular weight excluding hydrogens is 1060 g/mol. The van der Waals surface area contributed by atoms with Crippen LogP contribution >= 0.6 is 73.0 Å². The van der Waals surface area contributed by atoms with Crippen molar-refractivity contribution in [2.45, 2.75) is 35.7 Å². The third-order valence-corrected chi connectivity index (χ3v) is 10.5. The molecule has 8 aromatic rings. The average Bonchev–Trinajstić information content (AvgIpc) is 4.03. The van der Waals surface area contributed by atoms with E-state index in [-0.39, 0.29) is 29.7 Å². The topological polar surface area (TPSA) is 129 Å². The van der Waals surface area contributed by atoms with Crippen molar-refractivity contribution in [1.82, 2.24) is 39.0 Å². The van der Waals surface area contributed by atoms with Gasteiger partial charge < -0.3 is 28.6 Å². The van der Waals surface area contributed by atoms with E-state index in [0.29, 0.717) is 5.16 Å². The normalized spacial score (nSPS) is 11.2. The number of imidazole rings is 2. The molecule has 8 rings (SSSR count). The van der Waals surface area contributed by atoms with E-state index >= 15 is 0 Å². The molecule has 6 heterocycles. The molecule has 0 aliphatic carbocycles. The second kappa shape index (κ2) is 19.9. The lowest BCUT2D eigenvalue weighted by Gasteiger charge is -2.08. The minimum absolute atomic E-state index is 0. The number of ether oxygens (including phenoxy) is 2. The second-order valence-corrected chi connectivity index (χ2v) is 13.9. The minimum Gasteiger partial charge on any atom is -0.496 e. The molecule has 0 saturated heterocycles. The Morgan fingerprint density at radius 1 is 0.722 bits per heavy atom. The van der Waals surface area contributed by atoms with Crippen molar-refractivity contribution in [3.63, 3.8) is 0 Å². The summed E-state index contributed by atoms with van der Waals surface area (Å²) in [5.74, 6) is 2.64. The van der Waals surface area contributed by atoms with Crippen molar-refractivity contribution >= 4 is 106 Å². The quantitative estimate of drug-likeness (QED) is 0.102. The number of nitrogens with zero attached hydrogens (tertiary/aromatic N) is 6.